The minimum absolute atomic E-state index is 0.157. The van der Waals surface area contributed by atoms with Gasteiger partial charge in [0, 0.05) is 22.9 Å². The van der Waals surface area contributed by atoms with E-state index in [2.05, 4.69) is 0 Å². The molecule has 0 heterocycles. The fourth-order valence-electron chi connectivity index (χ4n) is 1.83. The Morgan fingerprint density at radius 3 is 2.41 bits per heavy atom. The van der Waals surface area contributed by atoms with E-state index in [1.807, 2.05) is 6.92 Å². The first kappa shape index (κ1) is 16.5. The predicted octanol–water partition coefficient (Wildman–Crippen LogP) is 4.56. The highest BCUT2D eigenvalue weighted by Crippen LogP contribution is 2.30. The third-order valence-corrected chi connectivity index (χ3v) is 4.66. The van der Waals surface area contributed by atoms with Crippen LogP contribution >= 0.6 is 11.6 Å². The molecule has 0 aliphatic heterocycles. The number of ether oxygens (including phenoxy) is 1. The third-order valence-electron chi connectivity index (χ3n) is 2.81. The fraction of sp³-hybridized carbons (Fsp3) is 0.200. The molecule has 0 N–H and O–H groups in total. The number of hydrogen-bond acceptors (Lipinski definition) is 4. The molecule has 0 radical (unpaired) electrons. The Hall–Kier alpha value is -1.92. The summed E-state index contributed by atoms with van der Waals surface area (Å²) < 4.78 is 17.8. The molecule has 0 saturated heterocycles. The molecule has 5 nitrogen and oxygen atoms in total. The zero-order valence-electron chi connectivity index (χ0n) is 11.8. The number of halogens is 1. The van der Waals surface area contributed by atoms with Crippen molar-refractivity contribution in [3.05, 3.63) is 57.6 Å². The van der Waals surface area contributed by atoms with Gasteiger partial charge in [-0.1, -0.05) is 18.5 Å². The van der Waals surface area contributed by atoms with Crippen LogP contribution in [-0.2, 0) is 10.8 Å². The lowest BCUT2D eigenvalue weighted by molar-refractivity contribution is -0.387. The maximum Gasteiger partial charge on any atom is 0.285 e. The maximum atomic E-state index is 12.2. The smallest absolute Gasteiger partial charge is 0.285 e. The van der Waals surface area contributed by atoms with E-state index in [9.17, 15) is 14.3 Å². The predicted molar refractivity (Wildman–Crippen MR) is 86.2 cm³/mol. The summed E-state index contributed by atoms with van der Waals surface area (Å²) in [6.07, 6.45) is 0.673. The van der Waals surface area contributed by atoms with Crippen molar-refractivity contribution in [3.8, 4) is 11.5 Å². The largest absolute Gasteiger partial charge is 0.457 e. The first-order chi connectivity index (χ1) is 10.5. The van der Waals surface area contributed by atoms with Crippen molar-refractivity contribution < 1.29 is 13.9 Å². The Morgan fingerprint density at radius 1 is 1.18 bits per heavy atom. The maximum absolute atomic E-state index is 12.2. The number of hydrogen-bond donors (Lipinski definition) is 0. The van der Waals surface area contributed by atoms with E-state index in [1.165, 1.54) is 18.2 Å². The summed E-state index contributed by atoms with van der Waals surface area (Å²) in [4.78, 5) is 10.7. The topological polar surface area (TPSA) is 69.4 Å². The number of nitro benzene ring substituents is 1. The minimum Gasteiger partial charge on any atom is -0.457 e. The molecule has 2 rings (SSSR count). The van der Waals surface area contributed by atoms with Gasteiger partial charge in [0.05, 0.1) is 15.7 Å². The van der Waals surface area contributed by atoms with E-state index in [0.717, 1.165) is 0 Å². The molecular formula is C15H14ClNO4S. The molecule has 0 spiro atoms. The van der Waals surface area contributed by atoms with E-state index in [1.54, 1.807) is 24.3 Å². The van der Waals surface area contributed by atoms with E-state index >= 15 is 0 Å². The molecule has 0 fully saturated rings. The number of nitrogens with zero attached hydrogens (tertiary/aromatic N) is 1. The summed E-state index contributed by atoms with van der Waals surface area (Å²) in [6.45, 7) is 1.87. The fourth-order valence-corrected chi connectivity index (χ4v) is 3.17. The second-order valence-electron chi connectivity index (χ2n) is 4.49. The number of benzene rings is 2. The summed E-state index contributed by atoms with van der Waals surface area (Å²) in [7, 11) is -1.43. The van der Waals surface area contributed by atoms with Gasteiger partial charge < -0.3 is 4.74 Å². The van der Waals surface area contributed by atoms with Crippen molar-refractivity contribution in [2.45, 2.75) is 18.2 Å². The first-order valence-electron chi connectivity index (χ1n) is 6.61. The molecule has 22 heavy (non-hydrogen) atoms. The lowest BCUT2D eigenvalue weighted by Crippen LogP contribution is -2.02. The van der Waals surface area contributed by atoms with E-state index in [4.69, 9.17) is 16.3 Å². The van der Waals surface area contributed by atoms with Crippen molar-refractivity contribution in [1.82, 2.24) is 0 Å². The molecule has 0 saturated carbocycles. The highest BCUT2D eigenvalue weighted by Gasteiger charge is 2.19. The molecule has 116 valence electrons. The molecule has 1 unspecified atom stereocenters. The van der Waals surface area contributed by atoms with Crippen LogP contribution in [0.4, 0.5) is 5.69 Å². The van der Waals surface area contributed by atoms with Crippen molar-refractivity contribution in [2.24, 2.45) is 0 Å². The van der Waals surface area contributed by atoms with Gasteiger partial charge in [-0.25, -0.2) is 0 Å². The Kier molecular flexibility index (Phi) is 5.51. The van der Waals surface area contributed by atoms with Crippen molar-refractivity contribution in [2.75, 3.05) is 5.75 Å². The minimum atomic E-state index is -1.43. The average molecular weight is 340 g/mol. The van der Waals surface area contributed by atoms with Crippen molar-refractivity contribution in [3.63, 3.8) is 0 Å². The molecule has 2 aromatic carbocycles. The first-order valence-corrected chi connectivity index (χ1v) is 8.31. The molecular weight excluding hydrogens is 326 g/mol. The van der Waals surface area contributed by atoms with Gasteiger partial charge in [0.25, 0.3) is 5.69 Å². The molecule has 2 aromatic rings. The second-order valence-corrected chi connectivity index (χ2v) is 6.47. The molecule has 0 amide bonds. The third kappa shape index (κ3) is 4.05. The number of nitro groups is 1. The SMILES string of the molecule is CCCS(=O)c1cc(Oc2ccc(Cl)cc2)ccc1[N+](=O)[O-]. The Morgan fingerprint density at radius 2 is 1.82 bits per heavy atom. The van der Waals surface area contributed by atoms with Crippen LogP contribution in [0.25, 0.3) is 0 Å². The normalized spacial score (nSPS) is 11.9. The quantitative estimate of drug-likeness (QED) is 0.571. The Labute approximate surface area is 135 Å². The van der Waals surface area contributed by atoms with Crippen LogP contribution in [0.2, 0.25) is 5.02 Å². The summed E-state index contributed by atoms with van der Waals surface area (Å²) >= 11 is 5.80. The summed E-state index contributed by atoms with van der Waals surface area (Å²) in [5.74, 6) is 1.31. The Bertz CT molecular complexity index is 703. The number of rotatable bonds is 6. The molecule has 7 heteroatoms. The van der Waals surface area contributed by atoms with Gasteiger partial charge >= 0.3 is 0 Å². The van der Waals surface area contributed by atoms with Gasteiger partial charge in [-0.3, -0.25) is 14.3 Å². The lowest BCUT2D eigenvalue weighted by Gasteiger charge is -2.08. The second kappa shape index (κ2) is 7.38. The van der Waals surface area contributed by atoms with Gasteiger partial charge in [-0.05, 0) is 36.8 Å². The molecule has 1 atom stereocenters. The van der Waals surface area contributed by atoms with Crippen molar-refractivity contribution in [1.29, 1.82) is 0 Å². The van der Waals surface area contributed by atoms with Crippen LogP contribution in [0.15, 0.2) is 47.4 Å². The van der Waals surface area contributed by atoms with E-state index in [0.29, 0.717) is 28.7 Å². The van der Waals surface area contributed by atoms with Crippen LogP contribution in [-0.4, -0.2) is 14.9 Å². The average Bonchev–Trinajstić information content (AvgIpc) is 2.49. The van der Waals surface area contributed by atoms with Gasteiger partial charge in [-0.2, -0.15) is 0 Å². The standard InChI is InChI=1S/C15H14ClNO4S/c1-2-9-22(20)15-10-13(7-8-14(15)17(18)19)21-12-5-3-11(16)4-6-12/h3-8,10H,2,9H2,1H3. The van der Waals surface area contributed by atoms with Crippen LogP contribution in [0.3, 0.4) is 0 Å². The zero-order chi connectivity index (χ0) is 16.1. The molecule has 0 aliphatic carbocycles. The highest BCUT2D eigenvalue weighted by atomic mass is 35.5. The van der Waals surface area contributed by atoms with Crippen molar-refractivity contribution >= 4 is 28.1 Å². The van der Waals surface area contributed by atoms with Crippen LogP contribution < -0.4 is 4.74 Å². The monoisotopic (exact) mass is 339 g/mol. The summed E-state index contributed by atoms with van der Waals surface area (Å²) in [5, 5.41) is 11.6. The zero-order valence-corrected chi connectivity index (χ0v) is 13.4. The molecule has 0 bridgehead atoms. The van der Waals surface area contributed by atoms with Gasteiger partial charge in [0.2, 0.25) is 0 Å². The lowest BCUT2D eigenvalue weighted by atomic mass is 10.3. The highest BCUT2D eigenvalue weighted by molar-refractivity contribution is 7.85. The van der Waals surface area contributed by atoms with Gasteiger partial charge in [-0.15, -0.1) is 0 Å². The van der Waals surface area contributed by atoms with Crippen LogP contribution in [0.5, 0.6) is 11.5 Å². The van der Waals surface area contributed by atoms with Crippen LogP contribution in [0.1, 0.15) is 13.3 Å². The van der Waals surface area contributed by atoms with E-state index < -0.39 is 15.7 Å². The molecule has 0 aliphatic rings. The van der Waals surface area contributed by atoms with Gasteiger partial charge in [0.1, 0.15) is 16.4 Å². The van der Waals surface area contributed by atoms with E-state index in [-0.39, 0.29) is 10.6 Å². The summed E-state index contributed by atoms with van der Waals surface area (Å²) in [5.41, 5.74) is -0.157. The van der Waals surface area contributed by atoms with Crippen LogP contribution in [0, 0.1) is 10.1 Å². The molecule has 0 aromatic heterocycles. The van der Waals surface area contributed by atoms with Gasteiger partial charge in [0.15, 0.2) is 0 Å². The Balaban J connectivity index is 2.33. The summed E-state index contributed by atoms with van der Waals surface area (Å²) in [6, 6.07) is 11.0.